The zero-order valence-electron chi connectivity index (χ0n) is 15.7. The van der Waals surface area contributed by atoms with Crippen molar-refractivity contribution in [2.75, 3.05) is 10.6 Å². The van der Waals surface area contributed by atoms with Gasteiger partial charge in [0.15, 0.2) is 0 Å². The summed E-state index contributed by atoms with van der Waals surface area (Å²) in [5.74, 6) is 0.386. The molecule has 2 N–H and O–H groups in total. The fraction of sp³-hybridized carbons (Fsp3) is 0.0870. The normalized spacial score (nSPS) is 10.6. The Kier molecular flexibility index (Phi) is 4.72. The van der Waals surface area contributed by atoms with Crippen LogP contribution in [0.2, 0.25) is 0 Å². The van der Waals surface area contributed by atoms with Crippen LogP contribution in [0.3, 0.4) is 0 Å². The molecule has 28 heavy (non-hydrogen) atoms. The summed E-state index contributed by atoms with van der Waals surface area (Å²) < 4.78 is 0. The number of fused-ring (bicyclic) bond motifs is 1. The third kappa shape index (κ3) is 3.55. The van der Waals surface area contributed by atoms with E-state index in [1.807, 2.05) is 86.6 Å². The minimum absolute atomic E-state index is 0.123. The number of nitrogens with one attached hydrogen (secondary N) is 2. The van der Waals surface area contributed by atoms with Crippen LogP contribution in [0.15, 0.2) is 72.8 Å². The average Bonchev–Trinajstić information content (AvgIpc) is 2.72. The monoisotopic (exact) mass is 368 g/mol. The second-order valence-corrected chi connectivity index (χ2v) is 6.61. The molecule has 0 unspecified atom stereocenters. The van der Waals surface area contributed by atoms with E-state index in [0.29, 0.717) is 11.3 Å². The maximum absolute atomic E-state index is 12.9. The molecule has 0 saturated carbocycles. The number of aryl methyl sites for hydroxylation is 1. The first-order valence-electron chi connectivity index (χ1n) is 9.08. The molecule has 4 rings (SSSR count). The maximum atomic E-state index is 12.9. The highest BCUT2D eigenvalue weighted by Gasteiger charge is 2.15. The van der Waals surface area contributed by atoms with Gasteiger partial charge in [-0.05, 0) is 55.3 Å². The summed E-state index contributed by atoms with van der Waals surface area (Å²) in [4.78, 5) is 21.8. The lowest BCUT2D eigenvalue weighted by molar-refractivity contribution is 0.101. The van der Waals surface area contributed by atoms with Crippen LogP contribution in [-0.4, -0.2) is 15.9 Å². The summed E-state index contributed by atoms with van der Waals surface area (Å²) >= 11 is 0. The number of aromatic nitrogens is 2. The van der Waals surface area contributed by atoms with Crippen molar-refractivity contribution in [1.82, 2.24) is 9.97 Å². The van der Waals surface area contributed by atoms with Gasteiger partial charge in [0.2, 0.25) is 5.82 Å². The van der Waals surface area contributed by atoms with Gasteiger partial charge in [0.25, 0.3) is 5.91 Å². The van der Waals surface area contributed by atoms with E-state index in [1.165, 1.54) is 0 Å². The Hall–Kier alpha value is -3.73. The van der Waals surface area contributed by atoms with Gasteiger partial charge >= 0.3 is 0 Å². The SMILES string of the molecule is Cc1cccc(NC(=O)c2nc(Nc3ccccc3)c3ccccc3n2)c1C. The summed E-state index contributed by atoms with van der Waals surface area (Å²) in [6.45, 7) is 3.99. The van der Waals surface area contributed by atoms with Crippen LogP contribution in [-0.2, 0) is 0 Å². The number of benzene rings is 3. The van der Waals surface area contributed by atoms with E-state index < -0.39 is 0 Å². The Morgan fingerprint density at radius 3 is 2.39 bits per heavy atom. The quantitative estimate of drug-likeness (QED) is 0.517. The Morgan fingerprint density at radius 1 is 0.821 bits per heavy atom. The van der Waals surface area contributed by atoms with Crippen molar-refractivity contribution in [3.63, 3.8) is 0 Å². The van der Waals surface area contributed by atoms with Crippen LogP contribution in [0.25, 0.3) is 10.9 Å². The average molecular weight is 368 g/mol. The zero-order chi connectivity index (χ0) is 19.5. The summed E-state index contributed by atoms with van der Waals surface area (Å²) in [6, 6.07) is 23.2. The van der Waals surface area contributed by atoms with Gasteiger partial charge < -0.3 is 10.6 Å². The molecule has 0 aliphatic carbocycles. The molecule has 0 aliphatic heterocycles. The van der Waals surface area contributed by atoms with Crippen molar-refractivity contribution in [2.45, 2.75) is 13.8 Å². The fourth-order valence-electron chi connectivity index (χ4n) is 3.00. The lowest BCUT2D eigenvalue weighted by Gasteiger charge is -2.12. The number of hydrogen-bond donors (Lipinski definition) is 2. The molecule has 0 spiro atoms. The van der Waals surface area contributed by atoms with E-state index in [-0.39, 0.29) is 11.7 Å². The highest BCUT2D eigenvalue weighted by atomic mass is 16.2. The molecular formula is C23H20N4O. The Labute approximate surface area is 163 Å². The Morgan fingerprint density at radius 2 is 1.57 bits per heavy atom. The molecule has 0 saturated heterocycles. The van der Waals surface area contributed by atoms with E-state index >= 15 is 0 Å². The molecule has 5 heteroatoms. The number of carbonyl (C=O) groups is 1. The smallest absolute Gasteiger partial charge is 0.293 e. The highest BCUT2D eigenvalue weighted by Crippen LogP contribution is 2.24. The zero-order valence-corrected chi connectivity index (χ0v) is 15.7. The van der Waals surface area contributed by atoms with Crippen LogP contribution in [0.5, 0.6) is 0 Å². The van der Waals surface area contributed by atoms with Crippen molar-refractivity contribution < 1.29 is 4.79 Å². The topological polar surface area (TPSA) is 66.9 Å². The highest BCUT2D eigenvalue weighted by molar-refractivity contribution is 6.04. The van der Waals surface area contributed by atoms with Crippen molar-refractivity contribution >= 4 is 34.0 Å². The van der Waals surface area contributed by atoms with Gasteiger partial charge in [-0.3, -0.25) is 4.79 Å². The third-order valence-electron chi connectivity index (χ3n) is 4.70. The first-order chi connectivity index (χ1) is 13.6. The minimum atomic E-state index is -0.337. The summed E-state index contributed by atoms with van der Waals surface area (Å²) in [6.07, 6.45) is 0. The third-order valence-corrected chi connectivity index (χ3v) is 4.70. The summed E-state index contributed by atoms with van der Waals surface area (Å²) in [5.41, 5.74) is 4.51. The molecule has 3 aromatic carbocycles. The fourth-order valence-corrected chi connectivity index (χ4v) is 3.00. The van der Waals surface area contributed by atoms with Crippen LogP contribution >= 0.6 is 0 Å². The number of para-hydroxylation sites is 2. The molecular weight excluding hydrogens is 348 g/mol. The van der Waals surface area contributed by atoms with Gasteiger partial charge in [-0.2, -0.15) is 0 Å². The molecule has 0 bridgehead atoms. The first kappa shape index (κ1) is 17.7. The van der Waals surface area contributed by atoms with Crippen LogP contribution in [0.4, 0.5) is 17.2 Å². The number of anilines is 3. The number of carbonyl (C=O) groups excluding carboxylic acids is 1. The standard InChI is InChI=1S/C23H20N4O/c1-15-9-8-14-19(16(15)2)26-23(28)22-25-20-13-7-6-12-18(20)21(27-22)24-17-10-4-3-5-11-17/h3-14H,1-2H3,(H,26,28)(H,24,25,27). The van der Waals surface area contributed by atoms with Gasteiger partial charge in [-0.15, -0.1) is 0 Å². The van der Waals surface area contributed by atoms with Gasteiger partial charge in [-0.1, -0.05) is 42.5 Å². The Bertz CT molecular complexity index is 1160. The predicted molar refractivity (Wildman–Crippen MR) is 113 cm³/mol. The molecule has 0 atom stereocenters. The maximum Gasteiger partial charge on any atom is 0.293 e. The molecule has 4 aromatic rings. The van der Waals surface area contributed by atoms with Gasteiger partial charge in [0, 0.05) is 16.8 Å². The molecule has 0 fully saturated rings. The minimum Gasteiger partial charge on any atom is -0.340 e. The van der Waals surface area contributed by atoms with Gasteiger partial charge in [0.1, 0.15) is 5.82 Å². The van der Waals surface area contributed by atoms with Crippen molar-refractivity contribution in [1.29, 1.82) is 0 Å². The van der Waals surface area contributed by atoms with E-state index in [9.17, 15) is 4.79 Å². The second-order valence-electron chi connectivity index (χ2n) is 6.61. The van der Waals surface area contributed by atoms with Crippen LogP contribution < -0.4 is 10.6 Å². The van der Waals surface area contributed by atoms with Crippen molar-refractivity contribution in [3.8, 4) is 0 Å². The van der Waals surface area contributed by atoms with Gasteiger partial charge in [-0.25, -0.2) is 9.97 Å². The second kappa shape index (κ2) is 7.48. The van der Waals surface area contributed by atoms with Gasteiger partial charge in [0.05, 0.1) is 5.52 Å². The Balaban J connectivity index is 1.73. The van der Waals surface area contributed by atoms with E-state index in [4.69, 9.17) is 0 Å². The van der Waals surface area contributed by atoms with Crippen molar-refractivity contribution in [3.05, 3.63) is 89.7 Å². The van der Waals surface area contributed by atoms with Crippen molar-refractivity contribution in [2.24, 2.45) is 0 Å². The first-order valence-corrected chi connectivity index (χ1v) is 9.08. The van der Waals surface area contributed by atoms with Crippen LogP contribution in [0.1, 0.15) is 21.7 Å². The summed E-state index contributed by atoms with van der Waals surface area (Å²) in [5, 5.41) is 7.08. The van der Waals surface area contributed by atoms with Crippen LogP contribution in [0, 0.1) is 13.8 Å². The number of hydrogen-bond acceptors (Lipinski definition) is 4. The lowest BCUT2D eigenvalue weighted by atomic mass is 10.1. The molecule has 138 valence electrons. The molecule has 0 aliphatic rings. The largest absolute Gasteiger partial charge is 0.340 e. The van der Waals surface area contributed by atoms with E-state index in [1.54, 1.807) is 0 Å². The molecule has 1 amide bonds. The predicted octanol–water partition coefficient (Wildman–Crippen LogP) is 5.24. The lowest BCUT2D eigenvalue weighted by Crippen LogP contribution is -2.17. The molecule has 1 aromatic heterocycles. The van der Waals surface area contributed by atoms with E-state index in [2.05, 4.69) is 20.6 Å². The molecule has 1 heterocycles. The van der Waals surface area contributed by atoms with E-state index in [0.717, 1.165) is 27.9 Å². The molecule has 0 radical (unpaired) electrons. The number of nitrogens with zero attached hydrogens (tertiary/aromatic N) is 2. The summed E-state index contributed by atoms with van der Waals surface area (Å²) in [7, 11) is 0. The number of rotatable bonds is 4. The molecule has 5 nitrogen and oxygen atoms in total. The number of amides is 1.